The largest absolute Gasteiger partial charge is 0.307 e. The Hall–Kier alpha value is -2.46. The first-order valence-corrected chi connectivity index (χ1v) is 5.67. The van der Waals surface area contributed by atoms with Crippen LogP contribution in [0.25, 0.3) is 22.3 Å². The van der Waals surface area contributed by atoms with Gasteiger partial charge in [-0.05, 0) is 12.1 Å². The molecule has 18 heavy (non-hydrogen) atoms. The van der Waals surface area contributed by atoms with E-state index in [1.807, 2.05) is 54.6 Å². The molecule has 0 radical (unpaired) electrons. The van der Waals surface area contributed by atoms with E-state index in [0.29, 0.717) is 5.82 Å². The fraction of sp³-hybridized carbons (Fsp3) is 0. The fourth-order valence-electron chi connectivity index (χ4n) is 1.90. The van der Waals surface area contributed by atoms with Crippen LogP contribution >= 0.6 is 0 Å². The first-order valence-electron chi connectivity index (χ1n) is 5.67. The number of aromatic nitrogens is 2. The monoisotopic (exact) mass is 236 g/mol. The Kier molecular flexibility index (Phi) is 2.63. The van der Waals surface area contributed by atoms with Crippen LogP contribution in [0.4, 0.5) is 5.82 Å². The number of anilines is 1. The van der Waals surface area contributed by atoms with Crippen LogP contribution < -0.4 is 11.3 Å². The summed E-state index contributed by atoms with van der Waals surface area (Å²) in [5, 5.41) is 0. The van der Waals surface area contributed by atoms with Gasteiger partial charge in [-0.3, -0.25) is 0 Å². The smallest absolute Gasteiger partial charge is 0.167 e. The Morgan fingerprint density at radius 3 is 2.06 bits per heavy atom. The summed E-state index contributed by atoms with van der Waals surface area (Å²) in [4.78, 5) is 9.08. The molecule has 3 rings (SSSR count). The molecular formula is C14H12N4. The Morgan fingerprint density at radius 2 is 1.39 bits per heavy atom. The van der Waals surface area contributed by atoms with Crippen molar-refractivity contribution in [2.24, 2.45) is 5.84 Å². The summed E-state index contributed by atoms with van der Waals surface area (Å²) in [6.45, 7) is 0. The summed E-state index contributed by atoms with van der Waals surface area (Å²) >= 11 is 0. The Labute approximate surface area is 104 Å². The second kappa shape index (κ2) is 4.43. The third-order valence-electron chi connectivity index (χ3n) is 2.75. The lowest BCUT2D eigenvalue weighted by molar-refractivity contribution is 1.22. The minimum absolute atomic E-state index is 0.583. The number of nitrogens with two attached hydrogens (primary N) is 1. The van der Waals surface area contributed by atoms with Gasteiger partial charge in [-0.15, -0.1) is 0 Å². The molecule has 4 nitrogen and oxygen atoms in total. The number of para-hydroxylation sites is 2. The molecule has 0 unspecified atom stereocenters. The van der Waals surface area contributed by atoms with Crippen LogP contribution in [0.5, 0.6) is 0 Å². The summed E-state index contributed by atoms with van der Waals surface area (Å²) in [6, 6.07) is 17.6. The number of nitrogens with one attached hydrogen (secondary N) is 1. The summed E-state index contributed by atoms with van der Waals surface area (Å²) in [5.74, 6) is 6.11. The lowest BCUT2D eigenvalue weighted by Gasteiger charge is -2.08. The Balaban J connectivity index is 2.27. The highest BCUT2D eigenvalue weighted by atomic mass is 15.3. The van der Waals surface area contributed by atoms with Crippen molar-refractivity contribution in [3.8, 4) is 11.3 Å². The van der Waals surface area contributed by atoms with Crippen LogP contribution in [0.15, 0.2) is 54.6 Å². The van der Waals surface area contributed by atoms with Crippen LogP contribution in [-0.4, -0.2) is 9.97 Å². The second-order valence-electron chi connectivity index (χ2n) is 3.92. The van der Waals surface area contributed by atoms with Crippen molar-refractivity contribution in [1.82, 2.24) is 9.97 Å². The molecule has 3 N–H and O–H groups in total. The molecule has 1 heterocycles. The Bertz CT molecular complexity index is 680. The van der Waals surface area contributed by atoms with Gasteiger partial charge in [0.1, 0.15) is 5.69 Å². The number of fused-ring (bicyclic) bond motifs is 1. The normalized spacial score (nSPS) is 10.5. The summed E-state index contributed by atoms with van der Waals surface area (Å²) in [6.07, 6.45) is 0. The van der Waals surface area contributed by atoms with Gasteiger partial charge < -0.3 is 5.43 Å². The molecule has 0 aliphatic carbocycles. The zero-order chi connectivity index (χ0) is 12.4. The lowest BCUT2D eigenvalue weighted by Crippen LogP contribution is -2.11. The van der Waals surface area contributed by atoms with E-state index in [1.54, 1.807) is 0 Å². The summed E-state index contributed by atoms with van der Waals surface area (Å²) in [5.41, 5.74) is 6.04. The molecule has 0 aliphatic heterocycles. The molecule has 0 fully saturated rings. The molecule has 1 aromatic heterocycles. The van der Waals surface area contributed by atoms with Crippen LogP contribution in [0.3, 0.4) is 0 Å². The van der Waals surface area contributed by atoms with E-state index in [9.17, 15) is 0 Å². The second-order valence-corrected chi connectivity index (χ2v) is 3.92. The number of hydrogen-bond donors (Lipinski definition) is 2. The topological polar surface area (TPSA) is 63.8 Å². The van der Waals surface area contributed by atoms with Gasteiger partial charge >= 0.3 is 0 Å². The highest BCUT2D eigenvalue weighted by molar-refractivity contribution is 5.82. The van der Waals surface area contributed by atoms with Crippen LogP contribution in [0.2, 0.25) is 0 Å². The van der Waals surface area contributed by atoms with Gasteiger partial charge in [-0.25, -0.2) is 15.8 Å². The fourth-order valence-corrected chi connectivity index (χ4v) is 1.90. The maximum absolute atomic E-state index is 5.53. The predicted octanol–water partition coefficient (Wildman–Crippen LogP) is 2.58. The number of nitrogens with zero attached hydrogens (tertiary/aromatic N) is 2. The molecule has 0 spiro atoms. The third kappa shape index (κ3) is 1.78. The van der Waals surface area contributed by atoms with E-state index in [2.05, 4.69) is 15.4 Å². The zero-order valence-electron chi connectivity index (χ0n) is 9.67. The van der Waals surface area contributed by atoms with E-state index < -0.39 is 0 Å². The summed E-state index contributed by atoms with van der Waals surface area (Å²) in [7, 11) is 0. The number of benzene rings is 2. The maximum atomic E-state index is 5.53. The molecule has 3 aromatic rings. The van der Waals surface area contributed by atoms with Crippen molar-refractivity contribution in [3.05, 3.63) is 54.6 Å². The zero-order valence-corrected chi connectivity index (χ0v) is 9.67. The summed E-state index contributed by atoms with van der Waals surface area (Å²) < 4.78 is 0. The van der Waals surface area contributed by atoms with Crippen LogP contribution in [0.1, 0.15) is 0 Å². The van der Waals surface area contributed by atoms with Gasteiger partial charge in [-0.1, -0.05) is 42.5 Å². The molecule has 4 heteroatoms. The van der Waals surface area contributed by atoms with Crippen molar-refractivity contribution >= 4 is 16.9 Å². The maximum Gasteiger partial charge on any atom is 0.167 e. The average molecular weight is 236 g/mol. The standard InChI is InChI=1S/C14H12N4/c15-18-14-13(10-6-2-1-3-7-10)16-11-8-4-5-9-12(11)17-14/h1-9H,15H2,(H,17,18). The SMILES string of the molecule is NNc1nc2ccccc2nc1-c1ccccc1. The highest BCUT2D eigenvalue weighted by Crippen LogP contribution is 2.25. The Morgan fingerprint density at radius 1 is 0.778 bits per heavy atom. The van der Waals surface area contributed by atoms with E-state index in [4.69, 9.17) is 5.84 Å². The first kappa shape index (κ1) is 10.7. The van der Waals surface area contributed by atoms with E-state index in [-0.39, 0.29) is 0 Å². The average Bonchev–Trinajstić information content (AvgIpc) is 2.46. The highest BCUT2D eigenvalue weighted by Gasteiger charge is 2.09. The predicted molar refractivity (Wildman–Crippen MR) is 72.8 cm³/mol. The van der Waals surface area contributed by atoms with E-state index in [0.717, 1.165) is 22.3 Å². The van der Waals surface area contributed by atoms with Crippen molar-refractivity contribution in [2.75, 3.05) is 5.43 Å². The molecule has 0 saturated carbocycles. The molecule has 0 amide bonds. The van der Waals surface area contributed by atoms with E-state index in [1.165, 1.54) is 0 Å². The van der Waals surface area contributed by atoms with Crippen LogP contribution in [0, 0.1) is 0 Å². The molecule has 2 aromatic carbocycles. The van der Waals surface area contributed by atoms with Gasteiger partial charge in [0.2, 0.25) is 0 Å². The van der Waals surface area contributed by atoms with Gasteiger partial charge in [-0.2, -0.15) is 0 Å². The number of rotatable bonds is 2. The van der Waals surface area contributed by atoms with Gasteiger partial charge in [0.25, 0.3) is 0 Å². The van der Waals surface area contributed by atoms with Gasteiger partial charge in [0, 0.05) is 5.56 Å². The molecule has 0 saturated heterocycles. The minimum Gasteiger partial charge on any atom is -0.307 e. The number of hydrazine groups is 1. The lowest BCUT2D eigenvalue weighted by atomic mass is 10.1. The molecule has 0 atom stereocenters. The number of nitrogen functional groups attached to an aromatic ring is 1. The van der Waals surface area contributed by atoms with Gasteiger partial charge in [0.15, 0.2) is 5.82 Å². The van der Waals surface area contributed by atoms with Crippen molar-refractivity contribution in [3.63, 3.8) is 0 Å². The van der Waals surface area contributed by atoms with Crippen molar-refractivity contribution in [1.29, 1.82) is 0 Å². The first-order chi connectivity index (χ1) is 8.88. The molecule has 88 valence electrons. The van der Waals surface area contributed by atoms with Crippen molar-refractivity contribution in [2.45, 2.75) is 0 Å². The molecule has 0 bridgehead atoms. The third-order valence-corrected chi connectivity index (χ3v) is 2.75. The quantitative estimate of drug-likeness (QED) is 0.530. The molecule has 0 aliphatic rings. The number of hydrogen-bond acceptors (Lipinski definition) is 4. The van der Waals surface area contributed by atoms with Gasteiger partial charge in [0.05, 0.1) is 11.0 Å². The van der Waals surface area contributed by atoms with Crippen molar-refractivity contribution < 1.29 is 0 Å². The minimum atomic E-state index is 0.583. The van der Waals surface area contributed by atoms with E-state index >= 15 is 0 Å². The molecular weight excluding hydrogens is 224 g/mol. The van der Waals surface area contributed by atoms with Crippen LogP contribution in [-0.2, 0) is 0 Å².